The van der Waals surface area contributed by atoms with Crippen molar-refractivity contribution in [1.82, 2.24) is 4.57 Å². The number of aromatic nitrogens is 1. The highest BCUT2D eigenvalue weighted by Crippen LogP contribution is 2.11. The van der Waals surface area contributed by atoms with Crippen LogP contribution in [0.5, 0.6) is 0 Å². The average Bonchev–Trinajstić information content (AvgIpc) is 2.94. The van der Waals surface area contributed by atoms with Crippen LogP contribution in [0.3, 0.4) is 0 Å². The van der Waals surface area contributed by atoms with E-state index in [0.29, 0.717) is 11.1 Å². The maximum atomic E-state index is 12.0. The van der Waals surface area contributed by atoms with Gasteiger partial charge in [-0.1, -0.05) is 31.2 Å². The Kier molecular flexibility index (Phi) is 5.11. The van der Waals surface area contributed by atoms with E-state index in [1.54, 1.807) is 25.4 Å². The molecule has 0 saturated heterocycles. The van der Waals surface area contributed by atoms with Crippen molar-refractivity contribution < 1.29 is 19.1 Å². The number of hydrogen-bond acceptors (Lipinski definition) is 4. The van der Waals surface area contributed by atoms with Gasteiger partial charge in [-0.15, -0.1) is 0 Å². The van der Waals surface area contributed by atoms with Crippen molar-refractivity contribution in [2.75, 3.05) is 6.61 Å². The molecular formula is C18H19NO4. The first-order valence-corrected chi connectivity index (χ1v) is 7.39. The Morgan fingerprint density at radius 3 is 2.26 bits per heavy atom. The number of rotatable bonds is 6. The van der Waals surface area contributed by atoms with E-state index in [0.717, 1.165) is 12.0 Å². The minimum atomic E-state index is -0.626. The number of carbonyl (C=O) groups excluding carboxylic acids is 3. The summed E-state index contributed by atoms with van der Waals surface area (Å²) in [6, 6.07) is 8.68. The van der Waals surface area contributed by atoms with Crippen LogP contribution in [-0.2, 0) is 18.2 Å². The predicted molar refractivity (Wildman–Crippen MR) is 85.9 cm³/mol. The summed E-state index contributed by atoms with van der Waals surface area (Å²) < 4.78 is 6.57. The molecule has 1 aromatic carbocycles. The van der Waals surface area contributed by atoms with E-state index in [-0.39, 0.29) is 23.9 Å². The number of esters is 1. The number of carbonyl (C=O) groups is 3. The van der Waals surface area contributed by atoms with Gasteiger partial charge >= 0.3 is 5.97 Å². The molecule has 2 rings (SSSR count). The molecule has 1 heterocycles. The number of ether oxygens (including phenoxy) is 1. The second-order valence-electron chi connectivity index (χ2n) is 5.33. The number of hydrogen-bond donors (Lipinski definition) is 0. The summed E-state index contributed by atoms with van der Waals surface area (Å²) in [6.07, 6.45) is 2.46. The molecule has 0 spiro atoms. The van der Waals surface area contributed by atoms with Gasteiger partial charge in [0.1, 0.15) is 5.69 Å². The van der Waals surface area contributed by atoms with Crippen molar-refractivity contribution in [1.29, 1.82) is 0 Å². The minimum Gasteiger partial charge on any atom is -0.453 e. The lowest BCUT2D eigenvalue weighted by molar-refractivity contribution is 0.0465. The lowest BCUT2D eigenvalue weighted by atomic mass is 10.1. The molecule has 0 fully saturated rings. The molecular weight excluding hydrogens is 294 g/mol. The Bertz CT molecular complexity index is 741. The molecule has 0 unspecified atom stereocenters. The van der Waals surface area contributed by atoms with E-state index in [4.69, 9.17) is 4.74 Å². The van der Waals surface area contributed by atoms with Crippen LogP contribution in [0.25, 0.3) is 0 Å². The Morgan fingerprint density at radius 1 is 1.09 bits per heavy atom. The van der Waals surface area contributed by atoms with Gasteiger partial charge in [0.2, 0.25) is 0 Å². The molecule has 0 aliphatic carbocycles. The van der Waals surface area contributed by atoms with E-state index < -0.39 is 5.97 Å². The van der Waals surface area contributed by atoms with Crippen LogP contribution in [-0.4, -0.2) is 28.7 Å². The van der Waals surface area contributed by atoms with Crippen LogP contribution in [0.15, 0.2) is 36.5 Å². The lowest BCUT2D eigenvalue weighted by Gasteiger charge is -2.05. The van der Waals surface area contributed by atoms with E-state index >= 15 is 0 Å². The smallest absolute Gasteiger partial charge is 0.355 e. The van der Waals surface area contributed by atoms with Gasteiger partial charge in [-0.2, -0.15) is 0 Å². The summed E-state index contributed by atoms with van der Waals surface area (Å²) in [5.74, 6) is -1.02. The number of aryl methyl sites for hydroxylation is 2. The van der Waals surface area contributed by atoms with Gasteiger partial charge in [0.15, 0.2) is 18.2 Å². The number of ketones is 2. The highest BCUT2D eigenvalue weighted by Gasteiger charge is 2.17. The zero-order valence-corrected chi connectivity index (χ0v) is 13.5. The Morgan fingerprint density at radius 2 is 1.74 bits per heavy atom. The third kappa shape index (κ3) is 3.94. The van der Waals surface area contributed by atoms with Crippen molar-refractivity contribution in [2.24, 2.45) is 7.05 Å². The van der Waals surface area contributed by atoms with E-state index in [1.807, 2.05) is 19.1 Å². The normalized spacial score (nSPS) is 10.4. The van der Waals surface area contributed by atoms with Gasteiger partial charge in [-0.05, 0) is 25.0 Å². The Hall–Kier alpha value is -2.69. The highest BCUT2D eigenvalue weighted by molar-refractivity contribution is 6.00. The van der Waals surface area contributed by atoms with Gasteiger partial charge in [-0.25, -0.2) is 4.79 Å². The topological polar surface area (TPSA) is 65.4 Å². The monoisotopic (exact) mass is 313 g/mol. The molecule has 0 bridgehead atoms. The Balaban J connectivity index is 2.00. The molecule has 1 aromatic heterocycles. The standard InChI is InChI=1S/C18H19NO4/c1-4-13-5-7-14(8-6-13)17(21)11-23-18(22)16-9-15(12(2)20)10-19(16)3/h5-10H,4,11H2,1-3H3. The zero-order chi connectivity index (χ0) is 17.0. The van der Waals surface area contributed by atoms with Crippen molar-refractivity contribution in [3.63, 3.8) is 0 Å². The van der Waals surface area contributed by atoms with Crippen molar-refractivity contribution in [3.05, 3.63) is 58.9 Å². The lowest BCUT2D eigenvalue weighted by Crippen LogP contribution is -2.16. The third-order valence-electron chi connectivity index (χ3n) is 3.64. The van der Waals surface area contributed by atoms with E-state index in [1.165, 1.54) is 17.6 Å². The fourth-order valence-electron chi connectivity index (χ4n) is 2.17. The zero-order valence-electron chi connectivity index (χ0n) is 13.5. The first-order valence-electron chi connectivity index (χ1n) is 7.39. The molecule has 5 nitrogen and oxygen atoms in total. The Labute approximate surface area is 134 Å². The highest BCUT2D eigenvalue weighted by atomic mass is 16.5. The summed E-state index contributed by atoms with van der Waals surface area (Å²) in [7, 11) is 1.65. The van der Waals surface area contributed by atoms with Crippen LogP contribution in [0.1, 0.15) is 50.6 Å². The van der Waals surface area contributed by atoms with Crippen LogP contribution < -0.4 is 0 Å². The molecule has 0 aliphatic heterocycles. The molecule has 23 heavy (non-hydrogen) atoms. The first-order chi connectivity index (χ1) is 10.9. The number of Topliss-reactive ketones (excluding diaryl/α,β-unsaturated/α-hetero) is 2. The maximum Gasteiger partial charge on any atom is 0.355 e. The third-order valence-corrected chi connectivity index (χ3v) is 3.64. The summed E-state index contributed by atoms with van der Waals surface area (Å²) in [4.78, 5) is 35.4. The molecule has 5 heteroatoms. The van der Waals surface area contributed by atoms with Crippen LogP contribution >= 0.6 is 0 Å². The number of benzene rings is 1. The second-order valence-corrected chi connectivity index (χ2v) is 5.33. The SMILES string of the molecule is CCc1ccc(C(=O)COC(=O)c2cc(C(C)=O)cn2C)cc1. The molecule has 2 aromatic rings. The fraction of sp³-hybridized carbons (Fsp3) is 0.278. The van der Waals surface area contributed by atoms with Gasteiger partial charge in [0.05, 0.1) is 0 Å². The summed E-state index contributed by atoms with van der Waals surface area (Å²) in [6.45, 7) is 3.13. The van der Waals surface area contributed by atoms with Gasteiger partial charge in [-0.3, -0.25) is 9.59 Å². The molecule has 120 valence electrons. The summed E-state index contributed by atoms with van der Waals surface area (Å²) in [5, 5.41) is 0. The van der Waals surface area contributed by atoms with Crippen molar-refractivity contribution in [2.45, 2.75) is 20.3 Å². The van der Waals surface area contributed by atoms with Crippen molar-refractivity contribution in [3.8, 4) is 0 Å². The van der Waals surface area contributed by atoms with Crippen molar-refractivity contribution >= 4 is 17.5 Å². The maximum absolute atomic E-state index is 12.0. The molecule has 0 amide bonds. The molecule has 0 N–H and O–H groups in total. The van der Waals surface area contributed by atoms with Crippen LogP contribution in [0.4, 0.5) is 0 Å². The average molecular weight is 313 g/mol. The van der Waals surface area contributed by atoms with E-state index in [9.17, 15) is 14.4 Å². The minimum absolute atomic E-state index is 0.133. The second kappa shape index (κ2) is 7.05. The van der Waals surface area contributed by atoms with Crippen LogP contribution in [0, 0.1) is 0 Å². The summed E-state index contributed by atoms with van der Waals surface area (Å²) >= 11 is 0. The molecule has 0 radical (unpaired) electrons. The number of nitrogens with zero attached hydrogens (tertiary/aromatic N) is 1. The predicted octanol–water partition coefficient (Wildman–Crippen LogP) is 2.83. The summed E-state index contributed by atoms with van der Waals surface area (Å²) in [5.41, 5.74) is 2.32. The quantitative estimate of drug-likeness (QED) is 0.607. The fourth-order valence-corrected chi connectivity index (χ4v) is 2.17. The van der Waals surface area contributed by atoms with Crippen LogP contribution in [0.2, 0.25) is 0 Å². The van der Waals surface area contributed by atoms with Gasteiger partial charge in [0, 0.05) is 24.4 Å². The molecule has 0 aliphatic rings. The molecule has 0 atom stereocenters. The molecule has 0 saturated carbocycles. The van der Waals surface area contributed by atoms with Gasteiger partial charge in [0.25, 0.3) is 0 Å². The van der Waals surface area contributed by atoms with E-state index in [2.05, 4.69) is 0 Å². The van der Waals surface area contributed by atoms with Gasteiger partial charge < -0.3 is 9.30 Å². The first kappa shape index (κ1) is 16.7. The largest absolute Gasteiger partial charge is 0.453 e.